The topological polar surface area (TPSA) is 115 Å². The second-order valence-corrected chi connectivity index (χ2v) is 9.86. The third-order valence-corrected chi connectivity index (χ3v) is 7.20. The fraction of sp³-hybridized carbons (Fsp3) is 0.448. The molecular weight excluding hydrogens is 454 g/mol. The van der Waals surface area contributed by atoms with Crippen molar-refractivity contribution in [3.63, 3.8) is 0 Å². The van der Waals surface area contributed by atoms with Gasteiger partial charge >= 0.3 is 5.97 Å². The maximum atomic E-state index is 13.0. The van der Waals surface area contributed by atoms with Crippen LogP contribution in [0.1, 0.15) is 67.4 Å². The van der Waals surface area contributed by atoms with Gasteiger partial charge < -0.3 is 15.6 Å². The molecule has 1 aliphatic carbocycles. The Bertz CT molecular complexity index is 1150. The lowest BCUT2D eigenvalue weighted by molar-refractivity contribution is -0.124. The minimum Gasteiger partial charge on any atom is -0.454 e. The van der Waals surface area contributed by atoms with Crippen LogP contribution in [0.2, 0.25) is 0 Å². The van der Waals surface area contributed by atoms with E-state index in [0.717, 1.165) is 12.0 Å². The number of aliphatic hydroxyl groups is 1. The molecule has 1 amide bonds. The fourth-order valence-electron chi connectivity index (χ4n) is 5.09. The maximum absolute atomic E-state index is 13.0. The lowest BCUT2D eigenvalue weighted by Gasteiger charge is -2.27. The number of amides is 1. The smallest absolute Gasteiger partial charge is 0.358 e. The Morgan fingerprint density at radius 2 is 1.69 bits per heavy atom. The summed E-state index contributed by atoms with van der Waals surface area (Å²) in [6.07, 6.45) is 7.63. The number of hydrogen-bond donors (Lipinski definition) is 2. The third-order valence-electron chi connectivity index (χ3n) is 7.20. The van der Waals surface area contributed by atoms with E-state index in [9.17, 15) is 14.7 Å². The van der Waals surface area contributed by atoms with Gasteiger partial charge in [0.2, 0.25) is 5.91 Å². The van der Waals surface area contributed by atoms with Gasteiger partial charge in [-0.1, -0.05) is 74.6 Å². The van der Waals surface area contributed by atoms with Crippen LogP contribution in [0.4, 0.5) is 0 Å². The number of esters is 1. The predicted molar refractivity (Wildman–Crippen MR) is 138 cm³/mol. The summed E-state index contributed by atoms with van der Waals surface area (Å²) in [6, 6.07) is 16.8. The van der Waals surface area contributed by atoms with Crippen molar-refractivity contribution in [2.75, 3.05) is 0 Å². The summed E-state index contributed by atoms with van der Waals surface area (Å²) in [6.45, 7) is 0. The second kappa shape index (κ2) is 12.6. The number of rotatable bonds is 11. The number of nitrogens with two attached hydrogens (primary N) is 1. The van der Waals surface area contributed by atoms with Crippen LogP contribution in [-0.4, -0.2) is 39.2 Å². The molecule has 0 spiro atoms. The van der Waals surface area contributed by atoms with Crippen molar-refractivity contribution in [1.29, 1.82) is 0 Å². The summed E-state index contributed by atoms with van der Waals surface area (Å²) in [4.78, 5) is 33.9. The highest BCUT2D eigenvalue weighted by Gasteiger charge is 2.30. The number of benzene rings is 2. The molecule has 0 radical (unpaired) electrons. The van der Waals surface area contributed by atoms with Crippen molar-refractivity contribution >= 4 is 22.9 Å². The Balaban J connectivity index is 1.46. The molecule has 3 aromatic rings. The summed E-state index contributed by atoms with van der Waals surface area (Å²) in [5.74, 6) is -0.942. The Labute approximate surface area is 212 Å². The van der Waals surface area contributed by atoms with Gasteiger partial charge in [-0.3, -0.25) is 9.78 Å². The van der Waals surface area contributed by atoms with E-state index in [1.165, 1.54) is 38.3 Å². The average molecular weight is 490 g/mol. The van der Waals surface area contributed by atoms with Gasteiger partial charge in [-0.25, -0.2) is 9.78 Å². The summed E-state index contributed by atoms with van der Waals surface area (Å²) in [5, 5.41) is 11.2. The van der Waals surface area contributed by atoms with Crippen LogP contribution in [0.15, 0.2) is 60.8 Å². The highest BCUT2D eigenvalue weighted by atomic mass is 16.6. The van der Waals surface area contributed by atoms with E-state index < -0.39 is 30.0 Å². The minimum atomic E-state index is -1.05. The molecule has 7 heteroatoms. The molecule has 2 aromatic carbocycles. The van der Waals surface area contributed by atoms with E-state index in [-0.39, 0.29) is 12.1 Å². The van der Waals surface area contributed by atoms with E-state index in [1.807, 2.05) is 48.5 Å². The molecule has 0 saturated heterocycles. The maximum Gasteiger partial charge on any atom is 0.358 e. The first-order valence-electron chi connectivity index (χ1n) is 12.9. The molecule has 1 fully saturated rings. The van der Waals surface area contributed by atoms with E-state index in [0.29, 0.717) is 29.8 Å². The molecule has 4 rings (SSSR count). The van der Waals surface area contributed by atoms with Crippen LogP contribution < -0.4 is 5.73 Å². The molecule has 0 unspecified atom stereocenters. The number of carbonyl (C=O) groups excluding carboxylic acids is 2. The molecule has 36 heavy (non-hydrogen) atoms. The van der Waals surface area contributed by atoms with Crippen molar-refractivity contribution < 1.29 is 19.4 Å². The Morgan fingerprint density at radius 1 is 1.00 bits per heavy atom. The number of aliphatic hydroxyl groups excluding tert-OH is 1. The fourth-order valence-corrected chi connectivity index (χ4v) is 5.09. The molecular formula is C29H35N3O4. The number of fused-ring (bicyclic) bond motifs is 1. The van der Waals surface area contributed by atoms with Crippen LogP contribution in [0.25, 0.3) is 11.0 Å². The van der Waals surface area contributed by atoms with Crippen LogP contribution in [-0.2, 0) is 16.0 Å². The Morgan fingerprint density at radius 3 is 2.42 bits per heavy atom. The van der Waals surface area contributed by atoms with E-state index in [4.69, 9.17) is 10.5 Å². The Kier molecular flexibility index (Phi) is 9.01. The number of nitrogens with zero attached hydrogens (tertiary/aromatic N) is 2. The van der Waals surface area contributed by atoms with E-state index in [2.05, 4.69) is 9.97 Å². The van der Waals surface area contributed by atoms with Crippen LogP contribution in [0.5, 0.6) is 0 Å². The molecule has 1 heterocycles. The van der Waals surface area contributed by atoms with Gasteiger partial charge in [-0.05, 0) is 42.9 Å². The van der Waals surface area contributed by atoms with Gasteiger partial charge in [-0.2, -0.15) is 0 Å². The monoisotopic (exact) mass is 489 g/mol. The summed E-state index contributed by atoms with van der Waals surface area (Å²) >= 11 is 0. The molecule has 1 aliphatic rings. The number of carbonyl (C=O) groups is 2. The highest BCUT2D eigenvalue weighted by Crippen LogP contribution is 2.30. The highest BCUT2D eigenvalue weighted by molar-refractivity contribution is 5.89. The molecule has 190 valence electrons. The first-order valence-corrected chi connectivity index (χ1v) is 12.9. The van der Waals surface area contributed by atoms with Gasteiger partial charge in [-0.15, -0.1) is 0 Å². The van der Waals surface area contributed by atoms with Crippen molar-refractivity contribution in [2.24, 2.45) is 17.6 Å². The van der Waals surface area contributed by atoms with Crippen LogP contribution in [0.3, 0.4) is 0 Å². The first-order chi connectivity index (χ1) is 17.5. The van der Waals surface area contributed by atoms with Gasteiger partial charge in [0.25, 0.3) is 0 Å². The lowest BCUT2D eigenvalue weighted by atomic mass is 9.82. The number of ether oxygens (including phenoxy) is 1. The zero-order valence-corrected chi connectivity index (χ0v) is 20.6. The average Bonchev–Trinajstić information content (AvgIpc) is 2.91. The standard InChI is InChI=1S/C29H35N3O4/c30-28(34)22(16-15-20-9-3-1-4-10-20)18-26(33)27(17-21-11-5-2-6-12-21)36-29(35)25-19-31-23-13-7-8-14-24(23)32-25/h2,5-8,11-14,19-20,22,26-27,33H,1,3-4,9-10,15-18H2,(H2,30,34)/t22-,26+,27+/m1/s1. The summed E-state index contributed by atoms with van der Waals surface area (Å²) < 4.78 is 5.78. The van der Waals surface area contributed by atoms with Crippen molar-refractivity contribution in [3.8, 4) is 0 Å². The summed E-state index contributed by atoms with van der Waals surface area (Å²) in [5.41, 5.74) is 7.97. The van der Waals surface area contributed by atoms with Crippen LogP contribution in [0, 0.1) is 11.8 Å². The number of primary amides is 1. The minimum absolute atomic E-state index is 0.0720. The molecule has 0 bridgehead atoms. The first kappa shape index (κ1) is 25.8. The van der Waals surface area contributed by atoms with Crippen molar-refractivity contribution in [1.82, 2.24) is 9.97 Å². The molecule has 3 atom stereocenters. The number of aromatic nitrogens is 2. The van der Waals surface area contributed by atoms with Crippen LogP contribution >= 0.6 is 0 Å². The molecule has 1 saturated carbocycles. The van der Waals surface area contributed by atoms with E-state index in [1.54, 1.807) is 6.07 Å². The molecule has 0 aliphatic heterocycles. The lowest BCUT2D eigenvalue weighted by Crippen LogP contribution is -2.37. The predicted octanol–water partition coefficient (Wildman–Crippen LogP) is 4.61. The van der Waals surface area contributed by atoms with Crippen molar-refractivity contribution in [2.45, 2.75) is 70.0 Å². The molecule has 7 nitrogen and oxygen atoms in total. The van der Waals surface area contributed by atoms with Gasteiger partial charge in [0, 0.05) is 12.3 Å². The summed E-state index contributed by atoms with van der Waals surface area (Å²) in [7, 11) is 0. The zero-order chi connectivity index (χ0) is 25.3. The van der Waals surface area contributed by atoms with Gasteiger partial charge in [0.15, 0.2) is 5.69 Å². The SMILES string of the molecule is NC(=O)[C@H](CCC1CCCCC1)C[C@H](O)[C@H](Cc1ccccc1)OC(=O)c1cnc2ccccc2n1. The van der Waals surface area contributed by atoms with Crippen molar-refractivity contribution in [3.05, 3.63) is 72.1 Å². The third kappa shape index (κ3) is 7.10. The quantitative estimate of drug-likeness (QED) is 0.380. The number of para-hydroxylation sites is 2. The van der Waals surface area contributed by atoms with Gasteiger partial charge in [0.1, 0.15) is 6.10 Å². The Hall–Kier alpha value is -3.32. The molecule has 3 N–H and O–H groups in total. The molecule has 1 aromatic heterocycles. The van der Waals surface area contributed by atoms with Gasteiger partial charge in [0.05, 0.1) is 23.3 Å². The second-order valence-electron chi connectivity index (χ2n) is 9.86. The largest absolute Gasteiger partial charge is 0.454 e. The number of hydrogen-bond acceptors (Lipinski definition) is 6. The zero-order valence-electron chi connectivity index (χ0n) is 20.6. The normalized spacial score (nSPS) is 16.8. The van der Waals surface area contributed by atoms with E-state index >= 15 is 0 Å².